The predicted molar refractivity (Wildman–Crippen MR) is 96.9 cm³/mol. The Morgan fingerprint density at radius 3 is 2.48 bits per heavy atom. The van der Waals surface area contributed by atoms with Crippen LogP contribution in [0.2, 0.25) is 0 Å². The van der Waals surface area contributed by atoms with Crippen LogP contribution in [0.4, 0.5) is 0 Å². The maximum Gasteiger partial charge on any atom is 0.339 e. The Kier molecular flexibility index (Phi) is 5.05. The highest BCUT2D eigenvalue weighted by Gasteiger charge is 2.42. The van der Waals surface area contributed by atoms with Crippen LogP contribution in [0.1, 0.15) is 71.6 Å². The number of esters is 1. The van der Waals surface area contributed by atoms with Crippen LogP contribution in [0, 0.1) is 31.6 Å². The number of carbonyl (C=O) groups excluding carboxylic acids is 2. The molecule has 0 saturated heterocycles. The van der Waals surface area contributed by atoms with Crippen LogP contribution in [-0.2, 0) is 4.74 Å². The van der Waals surface area contributed by atoms with Crippen molar-refractivity contribution in [3.05, 3.63) is 22.5 Å². The predicted octanol–water partition coefficient (Wildman–Crippen LogP) is 3.40. The summed E-state index contributed by atoms with van der Waals surface area (Å²) in [6, 6.07) is 0.0575. The van der Waals surface area contributed by atoms with E-state index in [0.29, 0.717) is 34.5 Å². The number of hydrogen-bond acceptors (Lipinski definition) is 4. The van der Waals surface area contributed by atoms with Crippen molar-refractivity contribution in [1.29, 1.82) is 0 Å². The van der Waals surface area contributed by atoms with E-state index in [1.807, 2.05) is 6.92 Å². The Hall–Kier alpha value is -1.62. The standard InChI is InChI=1S/C20H30N2O3/c1-10-17(20(24)25-5)12(3)22-18(10)19(23)13(4)21-11(2)16-9-14-6-7-15(16)8-14/h11,13-16,21-22H,6-9H2,1-5H3/t11-,13-,14-,15-,16-/m0/s1. The van der Waals surface area contributed by atoms with E-state index < -0.39 is 5.97 Å². The average molecular weight is 346 g/mol. The second-order valence-corrected chi connectivity index (χ2v) is 8.00. The molecule has 5 nitrogen and oxygen atoms in total. The highest BCUT2D eigenvalue weighted by atomic mass is 16.5. The second-order valence-electron chi connectivity index (χ2n) is 8.00. The summed E-state index contributed by atoms with van der Waals surface area (Å²) in [5.74, 6) is 2.02. The second kappa shape index (κ2) is 6.94. The average Bonchev–Trinajstić information content (AvgIpc) is 3.28. The third kappa shape index (κ3) is 3.26. The molecule has 0 amide bonds. The van der Waals surface area contributed by atoms with Crippen molar-refractivity contribution in [1.82, 2.24) is 10.3 Å². The van der Waals surface area contributed by atoms with Gasteiger partial charge in [-0.05, 0) is 70.3 Å². The highest BCUT2D eigenvalue weighted by molar-refractivity contribution is 6.03. The first-order valence-corrected chi connectivity index (χ1v) is 9.41. The fraction of sp³-hybridized carbons (Fsp3) is 0.700. The number of nitrogens with one attached hydrogen (secondary N) is 2. The van der Waals surface area contributed by atoms with Gasteiger partial charge in [0.25, 0.3) is 0 Å². The normalized spacial score (nSPS) is 27.3. The van der Waals surface area contributed by atoms with E-state index in [1.165, 1.54) is 32.8 Å². The van der Waals surface area contributed by atoms with E-state index in [9.17, 15) is 9.59 Å². The molecule has 0 aliphatic heterocycles. The summed E-state index contributed by atoms with van der Waals surface area (Å²) in [5, 5.41) is 3.52. The SMILES string of the molecule is COC(=O)c1c(C)[nH]c(C(=O)[C@H](C)N[C@@H](C)[C@@H]2C[C@H]3CC[C@H]2C3)c1C. The van der Waals surface area contributed by atoms with Gasteiger partial charge in [-0.1, -0.05) is 6.42 Å². The number of ketones is 1. The Morgan fingerprint density at radius 2 is 1.92 bits per heavy atom. The van der Waals surface area contributed by atoms with Crippen LogP contribution >= 0.6 is 0 Å². The van der Waals surface area contributed by atoms with Crippen molar-refractivity contribution in [3.8, 4) is 0 Å². The van der Waals surface area contributed by atoms with Gasteiger partial charge in [-0.2, -0.15) is 0 Å². The maximum absolute atomic E-state index is 12.9. The largest absolute Gasteiger partial charge is 0.465 e. The van der Waals surface area contributed by atoms with Crippen molar-refractivity contribution in [2.24, 2.45) is 17.8 Å². The zero-order chi connectivity index (χ0) is 18.3. The quantitative estimate of drug-likeness (QED) is 0.612. The molecule has 1 aromatic heterocycles. The van der Waals surface area contributed by atoms with Crippen LogP contribution in [0.25, 0.3) is 0 Å². The Labute approximate surface area is 149 Å². The van der Waals surface area contributed by atoms with E-state index in [2.05, 4.69) is 17.2 Å². The summed E-state index contributed by atoms with van der Waals surface area (Å²) < 4.78 is 4.83. The molecule has 0 unspecified atom stereocenters. The Morgan fingerprint density at radius 1 is 1.20 bits per heavy atom. The van der Waals surface area contributed by atoms with Gasteiger partial charge in [-0.3, -0.25) is 4.79 Å². The number of carbonyl (C=O) groups is 2. The molecule has 138 valence electrons. The molecule has 3 rings (SSSR count). The molecular formula is C20H30N2O3. The third-order valence-electron chi connectivity index (χ3n) is 6.41. The van der Waals surface area contributed by atoms with Crippen LogP contribution in [0.5, 0.6) is 0 Å². The number of methoxy groups -OCH3 is 1. The van der Waals surface area contributed by atoms with Crippen LogP contribution < -0.4 is 5.32 Å². The zero-order valence-electron chi connectivity index (χ0n) is 15.9. The van der Waals surface area contributed by atoms with Gasteiger partial charge in [0, 0.05) is 11.7 Å². The lowest BCUT2D eigenvalue weighted by Crippen LogP contribution is -2.45. The first kappa shape index (κ1) is 18.2. The molecule has 0 radical (unpaired) electrons. The minimum atomic E-state index is -0.402. The summed E-state index contributed by atoms with van der Waals surface area (Å²) in [5.41, 5.74) is 2.34. The molecule has 0 spiro atoms. The minimum Gasteiger partial charge on any atom is -0.465 e. The molecule has 2 aliphatic rings. The summed E-state index contributed by atoms with van der Waals surface area (Å²) in [7, 11) is 1.36. The number of fused-ring (bicyclic) bond motifs is 2. The molecule has 2 aliphatic carbocycles. The first-order valence-electron chi connectivity index (χ1n) is 9.41. The van der Waals surface area contributed by atoms with E-state index in [0.717, 1.165) is 11.8 Å². The van der Waals surface area contributed by atoms with Gasteiger partial charge in [0.2, 0.25) is 0 Å². The Bertz CT molecular complexity index is 679. The van der Waals surface area contributed by atoms with Gasteiger partial charge < -0.3 is 15.0 Å². The Balaban J connectivity index is 1.69. The monoisotopic (exact) mass is 346 g/mol. The molecule has 5 heteroatoms. The number of aromatic nitrogens is 1. The molecule has 25 heavy (non-hydrogen) atoms. The molecule has 1 aromatic rings. The van der Waals surface area contributed by atoms with Gasteiger partial charge in [0.1, 0.15) is 0 Å². The van der Waals surface area contributed by atoms with Crippen molar-refractivity contribution in [3.63, 3.8) is 0 Å². The number of rotatable bonds is 6. The number of aromatic amines is 1. The summed E-state index contributed by atoms with van der Waals surface area (Å²) in [6.45, 7) is 7.72. The van der Waals surface area contributed by atoms with Gasteiger partial charge in [-0.25, -0.2) is 4.79 Å². The fourth-order valence-electron chi connectivity index (χ4n) is 5.12. The summed E-state index contributed by atoms with van der Waals surface area (Å²) in [6.07, 6.45) is 5.41. The van der Waals surface area contributed by atoms with E-state index in [4.69, 9.17) is 4.74 Å². The lowest BCUT2D eigenvalue weighted by molar-refractivity contribution is 0.0599. The molecule has 2 N–H and O–H groups in total. The number of Topliss-reactive ketones (excluding diaryl/α,β-unsaturated/α-hetero) is 1. The van der Waals surface area contributed by atoms with Crippen LogP contribution in [0.15, 0.2) is 0 Å². The van der Waals surface area contributed by atoms with Crippen LogP contribution in [0.3, 0.4) is 0 Å². The number of ether oxygens (including phenoxy) is 1. The number of hydrogen-bond donors (Lipinski definition) is 2. The molecule has 0 aromatic carbocycles. The summed E-state index contributed by atoms with van der Waals surface area (Å²) in [4.78, 5) is 27.9. The fourth-order valence-corrected chi connectivity index (χ4v) is 5.12. The van der Waals surface area contributed by atoms with Crippen LogP contribution in [-0.4, -0.2) is 35.9 Å². The van der Waals surface area contributed by atoms with Gasteiger partial charge in [0.15, 0.2) is 5.78 Å². The topological polar surface area (TPSA) is 71.2 Å². The number of H-pyrrole nitrogens is 1. The van der Waals surface area contributed by atoms with Gasteiger partial charge >= 0.3 is 5.97 Å². The minimum absolute atomic E-state index is 0.00533. The van der Waals surface area contributed by atoms with E-state index in [1.54, 1.807) is 13.8 Å². The highest BCUT2D eigenvalue weighted by Crippen LogP contribution is 2.49. The van der Waals surface area contributed by atoms with Crippen molar-refractivity contribution in [2.45, 2.75) is 65.5 Å². The maximum atomic E-state index is 12.9. The van der Waals surface area contributed by atoms with Crippen molar-refractivity contribution < 1.29 is 14.3 Å². The van der Waals surface area contributed by atoms with E-state index in [-0.39, 0.29) is 11.8 Å². The lowest BCUT2D eigenvalue weighted by atomic mass is 9.83. The summed E-state index contributed by atoms with van der Waals surface area (Å²) >= 11 is 0. The van der Waals surface area contributed by atoms with Gasteiger partial charge in [0.05, 0.1) is 24.4 Å². The van der Waals surface area contributed by atoms with Crippen molar-refractivity contribution >= 4 is 11.8 Å². The van der Waals surface area contributed by atoms with Gasteiger partial charge in [-0.15, -0.1) is 0 Å². The molecular weight excluding hydrogens is 316 g/mol. The molecule has 2 bridgehead atoms. The lowest BCUT2D eigenvalue weighted by Gasteiger charge is -2.30. The smallest absolute Gasteiger partial charge is 0.339 e. The molecule has 2 saturated carbocycles. The zero-order valence-corrected chi connectivity index (χ0v) is 15.9. The van der Waals surface area contributed by atoms with E-state index >= 15 is 0 Å². The first-order chi connectivity index (χ1) is 11.8. The van der Waals surface area contributed by atoms with Crippen molar-refractivity contribution in [2.75, 3.05) is 7.11 Å². The molecule has 2 fully saturated rings. The molecule has 1 heterocycles. The number of aryl methyl sites for hydroxylation is 1. The molecule has 5 atom stereocenters. The third-order valence-corrected chi connectivity index (χ3v) is 6.41.